The minimum absolute atomic E-state index is 0.110. The molecule has 18 heavy (non-hydrogen) atoms. The van der Waals surface area contributed by atoms with Crippen molar-refractivity contribution in [2.24, 2.45) is 0 Å². The van der Waals surface area contributed by atoms with Crippen LogP contribution < -0.4 is 0 Å². The molecule has 0 N–H and O–H groups in total. The lowest BCUT2D eigenvalue weighted by Crippen LogP contribution is -2.12. The highest BCUT2D eigenvalue weighted by Crippen LogP contribution is 2.25. The Hall–Kier alpha value is -2.35. The predicted molar refractivity (Wildman–Crippen MR) is 71.2 cm³/mol. The third-order valence-corrected chi connectivity index (χ3v) is 2.97. The smallest absolute Gasteiger partial charge is 0.102 e. The van der Waals surface area contributed by atoms with E-state index in [0.717, 1.165) is 0 Å². The summed E-state index contributed by atoms with van der Waals surface area (Å²) < 4.78 is 1.94. The highest BCUT2D eigenvalue weighted by molar-refractivity contribution is 5.32. The van der Waals surface area contributed by atoms with Gasteiger partial charge in [-0.2, -0.15) is 5.10 Å². The maximum atomic E-state index is 4.33. The molecule has 0 unspecified atom stereocenters. The molecule has 3 rings (SSSR count). The van der Waals surface area contributed by atoms with Gasteiger partial charge in [-0.3, -0.25) is 4.68 Å². The van der Waals surface area contributed by atoms with Crippen LogP contribution in [0.5, 0.6) is 0 Å². The van der Waals surface area contributed by atoms with E-state index in [0.29, 0.717) is 0 Å². The van der Waals surface area contributed by atoms with Crippen LogP contribution in [-0.2, 0) is 0 Å². The van der Waals surface area contributed by atoms with E-state index in [-0.39, 0.29) is 6.04 Å². The Balaban J connectivity index is 2.11. The van der Waals surface area contributed by atoms with Crippen LogP contribution in [-0.4, -0.2) is 9.78 Å². The van der Waals surface area contributed by atoms with Crippen molar-refractivity contribution in [3.63, 3.8) is 0 Å². The summed E-state index contributed by atoms with van der Waals surface area (Å²) in [5.74, 6) is 0. The van der Waals surface area contributed by atoms with Crippen LogP contribution >= 0.6 is 0 Å². The summed E-state index contributed by atoms with van der Waals surface area (Å²) in [6, 6.07) is 23.9. The summed E-state index contributed by atoms with van der Waals surface area (Å²) in [4.78, 5) is 0. The molecule has 2 heteroatoms. The SMILES string of the molecule is [c]1cnn(C(c2ccccc2)c2ccccc2)c1. The van der Waals surface area contributed by atoms with Gasteiger partial charge in [0.25, 0.3) is 0 Å². The van der Waals surface area contributed by atoms with Crippen molar-refractivity contribution >= 4 is 0 Å². The molecule has 0 amide bonds. The fraction of sp³-hybridized carbons (Fsp3) is 0.0625. The van der Waals surface area contributed by atoms with E-state index in [2.05, 4.69) is 59.7 Å². The number of rotatable bonds is 3. The van der Waals surface area contributed by atoms with Crippen LogP contribution in [0.1, 0.15) is 17.2 Å². The number of nitrogens with zero attached hydrogens (tertiary/aromatic N) is 2. The van der Waals surface area contributed by atoms with Gasteiger partial charge in [-0.1, -0.05) is 60.7 Å². The van der Waals surface area contributed by atoms with Crippen LogP contribution in [0.25, 0.3) is 0 Å². The maximum absolute atomic E-state index is 4.33. The van der Waals surface area contributed by atoms with Crippen molar-refractivity contribution < 1.29 is 0 Å². The zero-order valence-corrected chi connectivity index (χ0v) is 9.90. The second-order valence-corrected chi connectivity index (χ2v) is 4.14. The van der Waals surface area contributed by atoms with Gasteiger partial charge in [0.1, 0.15) is 6.04 Å². The Bertz CT molecular complexity index is 546. The zero-order valence-electron chi connectivity index (χ0n) is 9.90. The number of hydrogen-bond donors (Lipinski definition) is 0. The number of benzene rings is 2. The third-order valence-electron chi connectivity index (χ3n) is 2.97. The van der Waals surface area contributed by atoms with E-state index in [4.69, 9.17) is 0 Å². The van der Waals surface area contributed by atoms with E-state index < -0.39 is 0 Å². The lowest BCUT2D eigenvalue weighted by atomic mass is 9.99. The van der Waals surface area contributed by atoms with Crippen LogP contribution in [0, 0.1) is 6.07 Å². The molecule has 0 aliphatic carbocycles. The van der Waals surface area contributed by atoms with Gasteiger partial charge < -0.3 is 0 Å². The second-order valence-electron chi connectivity index (χ2n) is 4.14. The van der Waals surface area contributed by atoms with Crippen molar-refractivity contribution in [1.82, 2.24) is 9.78 Å². The van der Waals surface area contributed by atoms with Gasteiger partial charge in [0.2, 0.25) is 0 Å². The summed E-state index contributed by atoms with van der Waals surface area (Å²) in [7, 11) is 0. The molecule has 0 fully saturated rings. The van der Waals surface area contributed by atoms with Gasteiger partial charge in [-0.05, 0) is 11.1 Å². The quantitative estimate of drug-likeness (QED) is 0.678. The Morgan fingerprint density at radius 1 is 0.833 bits per heavy atom. The molecule has 2 aromatic carbocycles. The number of aromatic nitrogens is 2. The van der Waals surface area contributed by atoms with Crippen molar-refractivity contribution in [2.45, 2.75) is 6.04 Å². The molecule has 0 spiro atoms. The molecule has 0 saturated heterocycles. The standard InChI is InChI=1S/C16H13N2/c1-3-8-14(9-4-1)16(18-13-7-12-17-18)15-10-5-2-6-11-15/h1-6,8-13,16H. The molecule has 0 aliphatic rings. The van der Waals surface area contributed by atoms with Crippen LogP contribution in [0.2, 0.25) is 0 Å². The lowest BCUT2D eigenvalue weighted by molar-refractivity contribution is 0.595. The van der Waals surface area contributed by atoms with Gasteiger partial charge in [0, 0.05) is 12.3 Å². The first kappa shape index (κ1) is 10.8. The summed E-state index contributed by atoms with van der Waals surface area (Å²) in [6.45, 7) is 0. The summed E-state index contributed by atoms with van der Waals surface area (Å²) in [5.41, 5.74) is 2.45. The minimum Gasteiger partial charge on any atom is -0.260 e. The normalized spacial score (nSPS) is 10.7. The molecule has 1 heterocycles. The molecule has 0 saturated carbocycles. The summed E-state index contributed by atoms with van der Waals surface area (Å²) >= 11 is 0. The molecule has 3 aromatic rings. The fourth-order valence-electron chi connectivity index (χ4n) is 2.15. The average molecular weight is 233 g/mol. The van der Waals surface area contributed by atoms with E-state index in [9.17, 15) is 0 Å². The van der Waals surface area contributed by atoms with Gasteiger partial charge in [0.05, 0.1) is 6.20 Å². The first-order chi connectivity index (χ1) is 8.95. The van der Waals surface area contributed by atoms with E-state index in [1.807, 2.05) is 23.0 Å². The minimum atomic E-state index is 0.110. The summed E-state index contributed by atoms with van der Waals surface area (Å²) in [6.07, 6.45) is 3.57. The second kappa shape index (κ2) is 4.88. The lowest BCUT2D eigenvalue weighted by Gasteiger charge is -2.18. The molecule has 1 radical (unpaired) electrons. The monoisotopic (exact) mass is 233 g/mol. The highest BCUT2D eigenvalue weighted by Gasteiger charge is 2.15. The molecular formula is C16H13N2. The van der Waals surface area contributed by atoms with Gasteiger partial charge in [-0.15, -0.1) is 0 Å². The van der Waals surface area contributed by atoms with Gasteiger partial charge >= 0.3 is 0 Å². The van der Waals surface area contributed by atoms with Crippen LogP contribution in [0.4, 0.5) is 0 Å². The predicted octanol–water partition coefficient (Wildman–Crippen LogP) is 3.32. The van der Waals surface area contributed by atoms with Crippen LogP contribution in [0.3, 0.4) is 0 Å². The first-order valence-corrected chi connectivity index (χ1v) is 5.95. The molecular weight excluding hydrogens is 220 g/mol. The van der Waals surface area contributed by atoms with E-state index in [1.165, 1.54) is 11.1 Å². The van der Waals surface area contributed by atoms with E-state index >= 15 is 0 Å². The number of hydrogen-bond acceptors (Lipinski definition) is 1. The average Bonchev–Trinajstić information content (AvgIpc) is 2.95. The van der Waals surface area contributed by atoms with Gasteiger partial charge in [-0.25, -0.2) is 0 Å². The van der Waals surface area contributed by atoms with Crippen molar-refractivity contribution in [3.05, 3.63) is 90.3 Å². The maximum Gasteiger partial charge on any atom is 0.102 e. The topological polar surface area (TPSA) is 17.8 Å². The highest BCUT2D eigenvalue weighted by atomic mass is 15.3. The fourth-order valence-corrected chi connectivity index (χ4v) is 2.15. The van der Waals surface area contributed by atoms with Crippen molar-refractivity contribution in [1.29, 1.82) is 0 Å². The van der Waals surface area contributed by atoms with E-state index in [1.54, 1.807) is 6.20 Å². The largest absolute Gasteiger partial charge is 0.260 e. The Kier molecular flexibility index (Phi) is 2.92. The van der Waals surface area contributed by atoms with Gasteiger partial charge in [0.15, 0.2) is 0 Å². The van der Waals surface area contributed by atoms with Crippen molar-refractivity contribution in [3.8, 4) is 0 Å². The van der Waals surface area contributed by atoms with Crippen LogP contribution in [0.15, 0.2) is 73.1 Å². The molecule has 0 bridgehead atoms. The van der Waals surface area contributed by atoms with Crippen molar-refractivity contribution in [2.75, 3.05) is 0 Å². The first-order valence-electron chi connectivity index (χ1n) is 5.95. The molecule has 2 nitrogen and oxygen atoms in total. The zero-order chi connectivity index (χ0) is 12.2. The molecule has 87 valence electrons. The third kappa shape index (κ3) is 2.05. The molecule has 0 atom stereocenters. The Morgan fingerprint density at radius 3 is 1.83 bits per heavy atom. The molecule has 0 aliphatic heterocycles. The molecule has 1 aromatic heterocycles. The summed E-state index contributed by atoms with van der Waals surface area (Å²) in [5, 5.41) is 4.33. The Labute approximate surface area is 107 Å². The Morgan fingerprint density at radius 2 is 1.39 bits per heavy atom.